The number of amides is 6. The van der Waals surface area contributed by atoms with Crippen molar-refractivity contribution in [3.8, 4) is 0 Å². The first-order valence-electron chi connectivity index (χ1n) is 20.4. The zero-order valence-corrected chi connectivity index (χ0v) is 35.7. The largest absolute Gasteiger partial charge is 0.481 e. The molecule has 0 spiro atoms. The van der Waals surface area contributed by atoms with Crippen molar-refractivity contribution in [3.05, 3.63) is 0 Å². The van der Waals surface area contributed by atoms with Gasteiger partial charge in [0.05, 0.1) is 6.04 Å². The van der Waals surface area contributed by atoms with E-state index in [1.165, 1.54) is 6.92 Å². The topological polar surface area (TPSA) is 366 Å². The van der Waals surface area contributed by atoms with E-state index >= 15 is 0 Å². The first-order chi connectivity index (χ1) is 27.6. The summed E-state index contributed by atoms with van der Waals surface area (Å²) in [4.78, 5) is 108. The van der Waals surface area contributed by atoms with Gasteiger partial charge in [0.1, 0.15) is 36.3 Å². The Hall–Kier alpha value is -5.05. The Labute approximate surface area is 347 Å². The number of nitrogens with zero attached hydrogens (tertiary/aromatic N) is 1. The van der Waals surface area contributed by atoms with E-state index in [4.69, 9.17) is 22.9 Å². The van der Waals surface area contributed by atoms with Crippen molar-refractivity contribution < 1.29 is 48.6 Å². The van der Waals surface area contributed by atoms with Crippen LogP contribution in [0.1, 0.15) is 113 Å². The molecule has 6 amide bonds. The van der Waals surface area contributed by atoms with Crippen LogP contribution < -0.4 is 54.8 Å². The molecule has 0 aliphatic carbocycles. The molecule has 0 aromatic rings. The Balaban J connectivity index is 6.34. The number of carbonyl (C=O) groups is 8. The van der Waals surface area contributed by atoms with Gasteiger partial charge in [-0.1, -0.05) is 54.4 Å². The number of carboxylic acids is 2. The second-order valence-electron chi connectivity index (χ2n) is 15.4. The van der Waals surface area contributed by atoms with Gasteiger partial charge < -0.3 is 65.0 Å². The van der Waals surface area contributed by atoms with Gasteiger partial charge in [0.2, 0.25) is 35.4 Å². The van der Waals surface area contributed by atoms with Crippen molar-refractivity contribution in [2.45, 2.75) is 155 Å². The Kier molecular flexibility index (Phi) is 26.0. The van der Waals surface area contributed by atoms with E-state index in [9.17, 15) is 48.6 Å². The number of guanidine groups is 1. The molecule has 0 radical (unpaired) electrons. The van der Waals surface area contributed by atoms with Gasteiger partial charge in [-0.2, -0.15) is 0 Å². The molecule has 0 unspecified atom stereocenters. The van der Waals surface area contributed by atoms with Crippen LogP contribution in [0.15, 0.2) is 4.99 Å². The third-order valence-electron chi connectivity index (χ3n) is 9.82. The molecule has 338 valence electrons. The van der Waals surface area contributed by atoms with E-state index < -0.39 is 108 Å². The van der Waals surface area contributed by atoms with Gasteiger partial charge in [-0.3, -0.25) is 43.3 Å². The Morgan fingerprint density at radius 2 is 1.07 bits per heavy atom. The smallest absolute Gasteiger partial charge is 0.325 e. The van der Waals surface area contributed by atoms with E-state index in [0.717, 1.165) is 0 Å². The van der Waals surface area contributed by atoms with Crippen LogP contribution in [0.4, 0.5) is 0 Å². The van der Waals surface area contributed by atoms with E-state index in [1.54, 1.807) is 27.7 Å². The zero-order valence-electron chi connectivity index (χ0n) is 35.7. The number of carbonyl (C=O) groups excluding carboxylic acids is 6. The van der Waals surface area contributed by atoms with Crippen molar-refractivity contribution in [2.75, 3.05) is 13.1 Å². The first-order valence-corrected chi connectivity index (χ1v) is 20.4. The fraction of sp³-hybridized carbons (Fsp3) is 0.763. The molecule has 59 heavy (non-hydrogen) atoms. The fourth-order valence-corrected chi connectivity index (χ4v) is 5.74. The van der Waals surface area contributed by atoms with Gasteiger partial charge in [0.25, 0.3) is 0 Å². The maximum absolute atomic E-state index is 14.0. The summed E-state index contributed by atoms with van der Waals surface area (Å²) in [6.07, 6.45) is 1.83. The van der Waals surface area contributed by atoms with Gasteiger partial charge in [-0.05, 0) is 76.2 Å². The molecule has 0 rings (SSSR count). The van der Waals surface area contributed by atoms with E-state index in [1.807, 2.05) is 13.8 Å². The van der Waals surface area contributed by atoms with Crippen LogP contribution in [0.25, 0.3) is 0 Å². The molecule has 0 heterocycles. The number of unbranched alkanes of at least 4 members (excludes halogenated alkanes) is 1. The van der Waals surface area contributed by atoms with Crippen molar-refractivity contribution in [3.63, 3.8) is 0 Å². The predicted molar refractivity (Wildman–Crippen MR) is 221 cm³/mol. The number of nitrogens with two attached hydrogens (primary N) is 4. The number of aliphatic imine (C=N–C) groups is 1. The maximum atomic E-state index is 14.0. The second-order valence-corrected chi connectivity index (χ2v) is 15.4. The normalized spacial score (nSPS) is 15.7. The molecule has 16 N–H and O–H groups in total. The summed E-state index contributed by atoms with van der Waals surface area (Å²) in [5, 5.41) is 34.2. The van der Waals surface area contributed by atoms with Crippen molar-refractivity contribution >= 4 is 53.3 Å². The number of rotatable bonds is 30. The number of carboxylic acid groups (broad SMARTS) is 2. The lowest BCUT2D eigenvalue weighted by Crippen LogP contribution is -2.61. The Morgan fingerprint density at radius 1 is 0.593 bits per heavy atom. The summed E-state index contributed by atoms with van der Waals surface area (Å²) in [5.41, 5.74) is 22.3. The number of hydrogen-bond donors (Lipinski definition) is 12. The predicted octanol–water partition coefficient (Wildman–Crippen LogP) is -1.49. The monoisotopic (exact) mass is 842 g/mol. The molecule has 0 fully saturated rings. The highest BCUT2D eigenvalue weighted by Crippen LogP contribution is 2.15. The van der Waals surface area contributed by atoms with Crippen LogP contribution in [0.5, 0.6) is 0 Å². The molecule has 0 aliphatic heterocycles. The van der Waals surface area contributed by atoms with E-state index in [2.05, 4.69) is 36.9 Å². The second kappa shape index (κ2) is 28.4. The molecule has 0 aromatic heterocycles. The number of nitrogens with one attached hydrogen (secondary N) is 6. The van der Waals surface area contributed by atoms with Crippen LogP contribution in [-0.2, 0) is 38.4 Å². The molecule has 0 bridgehead atoms. The van der Waals surface area contributed by atoms with Crippen molar-refractivity contribution in [1.82, 2.24) is 31.9 Å². The van der Waals surface area contributed by atoms with Gasteiger partial charge in [0.15, 0.2) is 5.96 Å². The standard InChI is InChI=1S/C38H71N11O10/c1-8-21(5)29(35(56)46-25(14-10-11-17-39)32(53)44-23(7)37(58)59)49-34(55)27(19-20(3)4)47-36(57)30(22(6)9-2)48-33(54)26(15-16-28(50)51)45-31(52)24(40)13-12-18-43-38(41)42/h20-27,29-30H,8-19,39-40H2,1-7H3,(H,44,53)(H,45,52)(H,46,56)(H,47,57)(H,48,54)(H,49,55)(H,50,51)(H,58,59)(H4,41,42,43)/t21-,22-,23-,24-,25-,26-,27-,29-,30-/m0/s1. The lowest BCUT2D eigenvalue weighted by Gasteiger charge is -2.31. The SMILES string of the molecule is CC[C@H](C)[C@H](NC(=O)[C@H](CC(C)C)NC(=O)[C@@H](NC(=O)[C@H](CCC(=O)O)NC(=O)[C@@H](N)CCCN=C(N)N)[C@@H](C)CC)C(=O)N[C@@H](CCCCN)C(=O)N[C@@H](C)C(=O)O. The molecule has 9 atom stereocenters. The number of aliphatic carboxylic acids is 2. The van der Waals surface area contributed by atoms with Crippen molar-refractivity contribution in [1.29, 1.82) is 0 Å². The van der Waals surface area contributed by atoms with Crippen LogP contribution >= 0.6 is 0 Å². The summed E-state index contributed by atoms with van der Waals surface area (Å²) < 4.78 is 0. The van der Waals surface area contributed by atoms with E-state index in [0.29, 0.717) is 38.6 Å². The highest BCUT2D eigenvalue weighted by Gasteiger charge is 2.36. The summed E-state index contributed by atoms with van der Waals surface area (Å²) >= 11 is 0. The van der Waals surface area contributed by atoms with Gasteiger partial charge in [0, 0.05) is 13.0 Å². The lowest BCUT2D eigenvalue weighted by molar-refractivity contribution is -0.142. The average molecular weight is 842 g/mol. The maximum Gasteiger partial charge on any atom is 0.325 e. The Morgan fingerprint density at radius 3 is 1.53 bits per heavy atom. The summed E-state index contributed by atoms with van der Waals surface area (Å²) in [6.45, 7) is 12.5. The zero-order chi connectivity index (χ0) is 45.4. The van der Waals surface area contributed by atoms with Gasteiger partial charge in [-0.25, -0.2) is 0 Å². The molecule has 0 saturated heterocycles. The Bertz CT molecular complexity index is 1430. The van der Waals surface area contributed by atoms with Crippen LogP contribution in [0.3, 0.4) is 0 Å². The molecule has 21 nitrogen and oxygen atoms in total. The molecule has 0 saturated carbocycles. The third-order valence-corrected chi connectivity index (χ3v) is 9.82. The highest BCUT2D eigenvalue weighted by atomic mass is 16.4. The lowest BCUT2D eigenvalue weighted by atomic mass is 9.95. The summed E-state index contributed by atoms with van der Waals surface area (Å²) in [6, 6.07) is -8.39. The molecule has 0 aromatic carbocycles. The first kappa shape index (κ1) is 54.0. The van der Waals surface area contributed by atoms with Crippen LogP contribution in [-0.4, -0.2) is 119 Å². The van der Waals surface area contributed by atoms with Crippen LogP contribution in [0.2, 0.25) is 0 Å². The fourth-order valence-electron chi connectivity index (χ4n) is 5.74. The number of hydrogen-bond acceptors (Lipinski definition) is 11. The van der Waals surface area contributed by atoms with Crippen LogP contribution in [0, 0.1) is 17.8 Å². The average Bonchev–Trinajstić information content (AvgIpc) is 3.16. The quantitative estimate of drug-likeness (QED) is 0.0223. The minimum absolute atomic E-state index is 0.125. The molecular formula is C38H71N11O10. The van der Waals surface area contributed by atoms with Crippen molar-refractivity contribution in [2.24, 2.45) is 45.7 Å². The van der Waals surface area contributed by atoms with Gasteiger partial charge >= 0.3 is 11.9 Å². The summed E-state index contributed by atoms with van der Waals surface area (Å²) in [7, 11) is 0. The highest BCUT2D eigenvalue weighted by molar-refractivity contribution is 5.97. The minimum atomic E-state index is -1.38. The minimum Gasteiger partial charge on any atom is -0.481 e. The summed E-state index contributed by atoms with van der Waals surface area (Å²) in [5.74, 6) is -8.10. The van der Waals surface area contributed by atoms with Gasteiger partial charge in [-0.15, -0.1) is 0 Å². The molecule has 21 heteroatoms. The third kappa shape index (κ3) is 21.5. The van der Waals surface area contributed by atoms with E-state index in [-0.39, 0.29) is 44.1 Å². The molecular weight excluding hydrogens is 770 g/mol. The molecule has 0 aliphatic rings.